The second kappa shape index (κ2) is 6.47. The number of carbonyl (C=O) groups excluding carboxylic acids is 1. The van der Waals surface area contributed by atoms with Crippen LogP contribution in [0.5, 0.6) is 0 Å². The van der Waals surface area contributed by atoms with Crippen LogP contribution in [0.4, 0.5) is 0 Å². The number of fused-ring (bicyclic) bond motifs is 1. The Morgan fingerprint density at radius 1 is 1.35 bits per heavy atom. The van der Waals surface area contributed by atoms with Gasteiger partial charge in [0.2, 0.25) is 0 Å². The van der Waals surface area contributed by atoms with Crippen molar-refractivity contribution in [2.75, 3.05) is 6.54 Å². The molecular weight excluding hydrogens is 332 g/mol. The number of hydrogen-bond acceptors (Lipinski definition) is 5. The van der Waals surface area contributed by atoms with Crippen LogP contribution in [0.2, 0.25) is 0 Å². The van der Waals surface area contributed by atoms with E-state index >= 15 is 0 Å². The predicted octanol–water partition coefficient (Wildman–Crippen LogP) is 2.91. The number of carboxylic acids is 1. The van der Waals surface area contributed by atoms with Crippen LogP contribution in [0, 0.1) is 0 Å². The molecule has 0 saturated carbocycles. The Balaban J connectivity index is 1.92. The van der Waals surface area contributed by atoms with Gasteiger partial charge in [0.05, 0.1) is 16.8 Å². The summed E-state index contributed by atoms with van der Waals surface area (Å²) in [5, 5.41) is 9.74. The van der Waals surface area contributed by atoms with E-state index in [1.165, 1.54) is 16.7 Å². The Bertz CT molecular complexity index is 843. The maximum atomic E-state index is 12.4. The van der Waals surface area contributed by atoms with Gasteiger partial charge >= 0.3 is 5.97 Å². The molecule has 116 valence electrons. The molecule has 0 aliphatic carbocycles. The van der Waals surface area contributed by atoms with Gasteiger partial charge in [-0.15, -0.1) is 0 Å². The van der Waals surface area contributed by atoms with E-state index in [0.717, 1.165) is 16.5 Å². The van der Waals surface area contributed by atoms with Crippen LogP contribution in [-0.4, -0.2) is 37.7 Å². The summed E-state index contributed by atoms with van der Waals surface area (Å²) in [5.41, 5.74) is 1.65. The van der Waals surface area contributed by atoms with E-state index in [9.17, 15) is 9.59 Å². The van der Waals surface area contributed by atoms with Crippen molar-refractivity contribution >= 4 is 57.2 Å². The van der Waals surface area contributed by atoms with E-state index in [4.69, 9.17) is 17.3 Å². The van der Waals surface area contributed by atoms with Gasteiger partial charge in [-0.1, -0.05) is 48.2 Å². The number of hydrogen-bond donors (Lipinski definition) is 1. The molecule has 0 radical (unpaired) electrons. The normalized spacial score (nSPS) is 16.5. The lowest BCUT2D eigenvalue weighted by Gasteiger charge is -2.12. The number of thioether (sulfide) groups is 1. The summed E-state index contributed by atoms with van der Waals surface area (Å²) in [7, 11) is 0. The Kier molecular flexibility index (Phi) is 4.40. The smallest absolute Gasteiger partial charge is 0.305 e. The minimum Gasteiger partial charge on any atom is -0.481 e. The molecule has 0 atom stereocenters. The highest BCUT2D eigenvalue weighted by Crippen LogP contribution is 2.33. The number of nitrogens with zero attached hydrogens (tertiary/aromatic N) is 2. The van der Waals surface area contributed by atoms with Crippen LogP contribution in [0.25, 0.3) is 17.0 Å². The Hall–Kier alpha value is -2.25. The third kappa shape index (κ3) is 3.25. The molecule has 1 aliphatic rings. The Morgan fingerprint density at radius 2 is 2.13 bits per heavy atom. The van der Waals surface area contributed by atoms with E-state index in [1.807, 2.05) is 30.3 Å². The summed E-state index contributed by atoms with van der Waals surface area (Å²) in [5.74, 6) is -1.21. The maximum absolute atomic E-state index is 12.4. The minimum atomic E-state index is -0.957. The monoisotopic (exact) mass is 344 g/mol. The molecule has 3 rings (SSSR count). The molecule has 2 aromatic rings. The van der Waals surface area contributed by atoms with Crippen LogP contribution in [0.15, 0.2) is 41.4 Å². The largest absolute Gasteiger partial charge is 0.481 e. The van der Waals surface area contributed by atoms with Crippen molar-refractivity contribution in [1.82, 2.24) is 9.88 Å². The van der Waals surface area contributed by atoms with Crippen molar-refractivity contribution in [3.05, 3.63) is 47.0 Å². The molecule has 1 aromatic heterocycles. The number of para-hydroxylation sites is 1. The Morgan fingerprint density at radius 3 is 2.91 bits per heavy atom. The molecule has 2 heterocycles. The van der Waals surface area contributed by atoms with Gasteiger partial charge in [-0.05, 0) is 12.1 Å². The zero-order valence-corrected chi connectivity index (χ0v) is 13.6. The van der Waals surface area contributed by atoms with Gasteiger partial charge in [0.1, 0.15) is 4.32 Å². The van der Waals surface area contributed by atoms with Crippen molar-refractivity contribution in [3.8, 4) is 0 Å². The Labute approximate surface area is 142 Å². The van der Waals surface area contributed by atoms with Gasteiger partial charge in [0.25, 0.3) is 5.91 Å². The number of aromatic nitrogens is 1. The molecule has 5 nitrogen and oxygen atoms in total. The molecule has 7 heteroatoms. The number of pyridine rings is 1. The lowest BCUT2D eigenvalue weighted by Crippen LogP contribution is -2.30. The third-order valence-electron chi connectivity index (χ3n) is 3.37. The summed E-state index contributed by atoms with van der Waals surface area (Å²) >= 11 is 6.36. The molecule has 0 spiro atoms. The number of carbonyl (C=O) groups is 2. The van der Waals surface area contributed by atoms with E-state index < -0.39 is 5.97 Å². The number of rotatable bonds is 4. The SMILES string of the molecule is O=C(O)CCN1C(=O)/C(=C/c2cccc3cccnc23)SC1=S. The highest BCUT2D eigenvalue weighted by Gasteiger charge is 2.32. The lowest BCUT2D eigenvalue weighted by atomic mass is 10.1. The first-order valence-electron chi connectivity index (χ1n) is 6.87. The first kappa shape index (κ1) is 15.6. The summed E-state index contributed by atoms with van der Waals surface area (Å²) in [6.07, 6.45) is 3.34. The van der Waals surface area contributed by atoms with Crippen LogP contribution >= 0.6 is 24.0 Å². The fourth-order valence-electron chi connectivity index (χ4n) is 2.29. The molecule has 1 fully saturated rings. The van der Waals surface area contributed by atoms with Crippen molar-refractivity contribution in [2.24, 2.45) is 0 Å². The van der Waals surface area contributed by atoms with Gasteiger partial charge in [0, 0.05) is 23.7 Å². The topological polar surface area (TPSA) is 70.5 Å². The molecule has 1 saturated heterocycles. The maximum Gasteiger partial charge on any atom is 0.305 e. The zero-order chi connectivity index (χ0) is 16.4. The van der Waals surface area contributed by atoms with E-state index in [0.29, 0.717) is 9.23 Å². The van der Waals surface area contributed by atoms with Crippen LogP contribution in [0.1, 0.15) is 12.0 Å². The zero-order valence-electron chi connectivity index (χ0n) is 11.9. The molecule has 1 amide bonds. The molecule has 23 heavy (non-hydrogen) atoms. The highest BCUT2D eigenvalue weighted by atomic mass is 32.2. The fourth-order valence-corrected chi connectivity index (χ4v) is 3.59. The molecular formula is C16H12N2O3S2. The average Bonchev–Trinajstić information content (AvgIpc) is 2.79. The van der Waals surface area contributed by atoms with E-state index in [1.54, 1.807) is 12.3 Å². The second-order valence-corrected chi connectivity index (χ2v) is 6.58. The second-order valence-electron chi connectivity index (χ2n) is 4.90. The van der Waals surface area contributed by atoms with Crippen molar-refractivity contribution in [2.45, 2.75) is 6.42 Å². The summed E-state index contributed by atoms with van der Waals surface area (Å²) in [6.45, 7) is 0.0884. The van der Waals surface area contributed by atoms with Gasteiger partial charge in [-0.3, -0.25) is 19.5 Å². The van der Waals surface area contributed by atoms with Gasteiger partial charge in [-0.25, -0.2) is 0 Å². The summed E-state index contributed by atoms with van der Waals surface area (Å²) in [4.78, 5) is 29.3. The lowest BCUT2D eigenvalue weighted by molar-refractivity contribution is -0.137. The van der Waals surface area contributed by atoms with Crippen molar-refractivity contribution in [3.63, 3.8) is 0 Å². The molecule has 0 unspecified atom stereocenters. The van der Waals surface area contributed by atoms with Gasteiger partial charge in [0.15, 0.2) is 0 Å². The van der Waals surface area contributed by atoms with Gasteiger partial charge in [-0.2, -0.15) is 0 Å². The minimum absolute atomic E-state index is 0.0884. The number of amides is 1. The fraction of sp³-hybridized carbons (Fsp3) is 0.125. The molecule has 1 aromatic carbocycles. The number of aliphatic carboxylic acids is 1. The number of thiocarbonyl (C=S) groups is 1. The van der Waals surface area contributed by atoms with Crippen molar-refractivity contribution in [1.29, 1.82) is 0 Å². The highest BCUT2D eigenvalue weighted by molar-refractivity contribution is 8.26. The molecule has 0 bridgehead atoms. The van der Waals surface area contributed by atoms with Crippen LogP contribution in [-0.2, 0) is 9.59 Å². The summed E-state index contributed by atoms with van der Waals surface area (Å²) < 4.78 is 0.385. The quantitative estimate of drug-likeness (QED) is 0.679. The standard InChI is InChI=1S/C16H12N2O3S2/c19-13(20)6-8-18-15(21)12(23-16(18)22)9-11-4-1-3-10-5-2-7-17-14(10)11/h1-5,7,9H,6,8H2,(H,19,20)/b12-9-. The first-order valence-corrected chi connectivity index (χ1v) is 8.09. The van der Waals surface area contributed by atoms with Crippen LogP contribution < -0.4 is 0 Å². The predicted molar refractivity (Wildman–Crippen MR) is 93.9 cm³/mol. The summed E-state index contributed by atoms with van der Waals surface area (Å²) in [6, 6.07) is 9.56. The molecule has 1 N–H and O–H groups in total. The van der Waals surface area contributed by atoms with E-state index in [-0.39, 0.29) is 18.9 Å². The number of benzene rings is 1. The van der Waals surface area contributed by atoms with E-state index in [2.05, 4.69) is 4.98 Å². The van der Waals surface area contributed by atoms with Crippen LogP contribution in [0.3, 0.4) is 0 Å². The van der Waals surface area contributed by atoms with Crippen molar-refractivity contribution < 1.29 is 14.7 Å². The number of carboxylic acid groups (broad SMARTS) is 1. The molecule has 1 aliphatic heterocycles. The first-order chi connectivity index (χ1) is 11.1. The van der Waals surface area contributed by atoms with Gasteiger partial charge < -0.3 is 5.11 Å². The average molecular weight is 344 g/mol. The third-order valence-corrected chi connectivity index (χ3v) is 4.75.